The first-order chi connectivity index (χ1) is 9.15. The van der Waals surface area contributed by atoms with E-state index < -0.39 is 5.97 Å². The van der Waals surface area contributed by atoms with Crippen molar-refractivity contribution in [2.24, 2.45) is 0 Å². The van der Waals surface area contributed by atoms with Crippen LogP contribution in [0.5, 0.6) is 5.75 Å². The quantitative estimate of drug-likeness (QED) is 0.845. The third-order valence-corrected chi connectivity index (χ3v) is 3.49. The van der Waals surface area contributed by atoms with Crippen molar-refractivity contribution in [2.75, 3.05) is 0 Å². The average Bonchev–Trinajstić information content (AvgIpc) is 2.88. The molecule has 2 rings (SSSR count). The number of aromatic nitrogens is 1. The second kappa shape index (κ2) is 6.49. The standard InChI is InChI=1S/C13H10BrNO3S/c14-11-5-9(2-4-13(16)17)1-3-12(11)18-6-10-7-19-8-15-10/h1-5,7-8H,6H2,(H,16,17). The summed E-state index contributed by atoms with van der Waals surface area (Å²) in [5, 5.41) is 10.5. The fourth-order valence-corrected chi connectivity index (χ4v) is 2.42. The van der Waals surface area contributed by atoms with E-state index in [1.54, 1.807) is 23.7 Å². The molecular weight excluding hydrogens is 330 g/mol. The number of hydrogen-bond donors (Lipinski definition) is 1. The number of halogens is 1. The predicted molar refractivity (Wildman–Crippen MR) is 77.3 cm³/mol. The fourth-order valence-electron chi connectivity index (χ4n) is 1.37. The number of aliphatic carboxylic acids is 1. The Hall–Kier alpha value is -1.66. The summed E-state index contributed by atoms with van der Waals surface area (Å²) in [5.41, 5.74) is 3.43. The van der Waals surface area contributed by atoms with Gasteiger partial charge in [0.05, 0.1) is 15.7 Å². The third kappa shape index (κ3) is 4.18. The van der Waals surface area contributed by atoms with Crippen LogP contribution in [-0.4, -0.2) is 16.1 Å². The summed E-state index contributed by atoms with van der Waals surface area (Å²) in [5.74, 6) is -0.277. The van der Waals surface area contributed by atoms with E-state index in [1.165, 1.54) is 17.4 Å². The van der Waals surface area contributed by atoms with Crippen LogP contribution in [0.1, 0.15) is 11.3 Å². The fraction of sp³-hybridized carbons (Fsp3) is 0.0769. The topological polar surface area (TPSA) is 59.4 Å². The summed E-state index contributed by atoms with van der Waals surface area (Å²) in [4.78, 5) is 14.6. The van der Waals surface area contributed by atoms with Gasteiger partial charge in [-0.1, -0.05) is 6.07 Å². The number of rotatable bonds is 5. The van der Waals surface area contributed by atoms with Crippen LogP contribution in [0.15, 0.2) is 39.6 Å². The van der Waals surface area contributed by atoms with Crippen LogP contribution in [0, 0.1) is 0 Å². The van der Waals surface area contributed by atoms with Crippen molar-refractivity contribution in [1.82, 2.24) is 4.98 Å². The van der Waals surface area contributed by atoms with Crippen LogP contribution in [0.25, 0.3) is 6.08 Å². The summed E-state index contributed by atoms with van der Waals surface area (Å²) in [6, 6.07) is 5.38. The van der Waals surface area contributed by atoms with E-state index in [4.69, 9.17) is 9.84 Å². The monoisotopic (exact) mass is 339 g/mol. The van der Waals surface area contributed by atoms with E-state index in [1.807, 2.05) is 5.38 Å². The van der Waals surface area contributed by atoms with Crippen LogP contribution >= 0.6 is 27.3 Å². The largest absolute Gasteiger partial charge is 0.486 e. The molecule has 0 unspecified atom stereocenters. The first kappa shape index (κ1) is 13.8. The Kier molecular flexibility index (Phi) is 4.70. The van der Waals surface area contributed by atoms with Crippen LogP contribution in [0.4, 0.5) is 0 Å². The van der Waals surface area contributed by atoms with Crippen molar-refractivity contribution in [3.8, 4) is 5.75 Å². The van der Waals surface area contributed by atoms with Gasteiger partial charge in [0.15, 0.2) is 0 Å². The van der Waals surface area contributed by atoms with E-state index in [0.29, 0.717) is 12.4 Å². The number of ether oxygens (including phenoxy) is 1. The molecule has 0 aliphatic carbocycles. The van der Waals surface area contributed by atoms with Gasteiger partial charge in [0.2, 0.25) is 0 Å². The Bertz CT molecular complexity index is 596. The molecule has 0 aliphatic heterocycles. The normalized spacial score (nSPS) is 10.8. The van der Waals surface area contributed by atoms with Gasteiger partial charge in [0.25, 0.3) is 0 Å². The molecule has 0 atom stereocenters. The molecule has 0 saturated carbocycles. The lowest BCUT2D eigenvalue weighted by Gasteiger charge is -2.07. The Labute approximate surface area is 122 Å². The first-order valence-corrected chi connectivity index (χ1v) is 7.09. The molecule has 0 fully saturated rings. The van der Waals surface area contributed by atoms with Crippen LogP contribution in [0.3, 0.4) is 0 Å². The maximum atomic E-state index is 10.4. The van der Waals surface area contributed by atoms with Gasteiger partial charge in [0.1, 0.15) is 12.4 Å². The number of hydrogen-bond acceptors (Lipinski definition) is 4. The van der Waals surface area contributed by atoms with E-state index in [9.17, 15) is 4.79 Å². The highest BCUT2D eigenvalue weighted by atomic mass is 79.9. The molecule has 1 aromatic heterocycles. The summed E-state index contributed by atoms with van der Waals surface area (Å²) >= 11 is 4.92. The highest BCUT2D eigenvalue weighted by molar-refractivity contribution is 9.10. The number of carbonyl (C=O) groups is 1. The van der Waals surface area contributed by atoms with Crippen molar-refractivity contribution >= 4 is 39.3 Å². The minimum atomic E-state index is -0.972. The number of benzene rings is 1. The summed E-state index contributed by atoms with van der Waals surface area (Å²) in [6.45, 7) is 0.409. The van der Waals surface area contributed by atoms with Gasteiger partial charge in [-0.3, -0.25) is 0 Å². The molecule has 1 heterocycles. The highest BCUT2D eigenvalue weighted by Crippen LogP contribution is 2.27. The first-order valence-electron chi connectivity index (χ1n) is 5.35. The molecule has 0 amide bonds. The van der Waals surface area contributed by atoms with Crippen molar-refractivity contribution in [3.05, 3.63) is 50.9 Å². The minimum absolute atomic E-state index is 0.409. The molecule has 19 heavy (non-hydrogen) atoms. The molecule has 98 valence electrons. The van der Waals surface area contributed by atoms with Crippen LogP contribution in [0.2, 0.25) is 0 Å². The van der Waals surface area contributed by atoms with Crippen molar-refractivity contribution in [1.29, 1.82) is 0 Å². The SMILES string of the molecule is O=C(O)C=Cc1ccc(OCc2cscn2)c(Br)c1. The van der Waals surface area contributed by atoms with E-state index in [-0.39, 0.29) is 0 Å². The summed E-state index contributed by atoms with van der Waals surface area (Å²) < 4.78 is 6.39. The number of thiazole rings is 1. The van der Waals surface area contributed by atoms with Crippen molar-refractivity contribution in [2.45, 2.75) is 6.61 Å². The molecule has 4 nitrogen and oxygen atoms in total. The molecule has 2 aromatic rings. The molecule has 0 aliphatic rings. The molecule has 1 aromatic carbocycles. The lowest BCUT2D eigenvalue weighted by Crippen LogP contribution is -1.96. The Morgan fingerprint density at radius 2 is 2.37 bits per heavy atom. The summed E-state index contributed by atoms with van der Waals surface area (Å²) in [6.07, 6.45) is 2.62. The molecule has 0 spiro atoms. The molecule has 0 bridgehead atoms. The molecule has 1 N–H and O–H groups in total. The zero-order chi connectivity index (χ0) is 13.7. The van der Waals surface area contributed by atoms with Gasteiger partial charge in [-0.05, 0) is 39.7 Å². The Morgan fingerprint density at radius 3 is 3.00 bits per heavy atom. The van der Waals surface area contributed by atoms with E-state index in [2.05, 4.69) is 20.9 Å². The second-order valence-corrected chi connectivity index (χ2v) is 5.20. The summed E-state index contributed by atoms with van der Waals surface area (Å²) in [7, 11) is 0. The predicted octanol–water partition coefficient (Wildman–Crippen LogP) is 3.58. The average molecular weight is 340 g/mol. The number of nitrogens with zero attached hydrogens (tertiary/aromatic N) is 1. The van der Waals surface area contributed by atoms with Gasteiger partial charge in [0, 0.05) is 11.5 Å². The maximum Gasteiger partial charge on any atom is 0.328 e. The smallest absolute Gasteiger partial charge is 0.328 e. The third-order valence-electron chi connectivity index (χ3n) is 2.23. The number of carboxylic acids is 1. The van der Waals surface area contributed by atoms with Gasteiger partial charge >= 0.3 is 5.97 Å². The van der Waals surface area contributed by atoms with Gasteiger partial charge in [-0.2, -0.15) is 0 Å². The van der Waals surface area contributed by atoms with Crippen LogP contribution < -0.4 is 4.74 Å². The second-order valence-electron chi connectivity index (χ2n) is 3.63. The van der Waals surface area contributed by atoms with Gasteiger partial charge in [-0.25, -0.2) is 9.78 Å². The van der Waals surface area contributed by atoms with E-state index in [0.717, 1.165) is 21.8 Å². The zero-order valence-electron chi connectivity index (χ0n) is 9.75. The van der Waals surface area contributed by atoms with Crippen LogP contribution in [-0.2, 0) is 11.4 Å². The molecule has 6 heteroatoms. The lowest BCUT2D eigenvalue weighted by molar-refractivity contribution is -0.131. The number of carboxylic acid groups (broad SMARTS) is 1. The molecule has 0 saturated heterocycles. The van der Waals surface area contributed by atoms with Crippen molar-refractivity contribution in [3.63, 3.8) is 0 Å². The maximum absolute atomic E-state index is 10.4. The molecular formula is C13H10BrNO3S. The molecule has 0 radical (unpaired) electrons. The Balaban J connectivity index is 2.04. The van der Waals surface area contributed by atoms with Gasteiger partial charge < -0.3 is 9.84 Å². The van der Waals surface area contributed by atoms with E-state index >= 15 is 0 Å². The van der Waals surface area contributed by atoms with Gasteiger partial charge in [-0.15, -0.1) is 11.3 Å². The van der Waals surface area contributed by atoms with Crippen molar-refractivity contribution < 1.29 is 14.6 Å². The minimum Gasteiger partial charge on any atom is -0.486 e. The highest BCUT2D eigenvalue weighted by Gasteiger charge is 2.03. The Morgan fingerprint density at radius 1 is 1.53 bits per heavy atom. The lowest BCUT2D eigenvalue weighted by atomic mass is 10.2. The zero-order valence-corrected chi connectivity index (χ0v) is 12.1.